The number of nitrogens with two attached hydrogens (primary N) is 2. The second-order valence-electron chi connectivity index (χ2n) is 7.85. The lowest BCUT2D eigenvalue weighted by Gasteiger charge is -2.11. The molecule has 2 aromatic carbocycles. The lowest BCUT2D eigenvalue weighted by atomic mass is 10.00. The van der Waals surface area contributed by atoms with Gasteiger partial charge in [0.1, 0.15) is 11.8 Å². The number of H-pyrrole nitrogens is 1. The molecule has 10 nitrogen and oxygen atoms in total. The van der Waals surface area contributed by atoms with Gasteiger partial charge in [-0.3, -0.25) is 4.72 Å². The zero-order valence-electron chi connectivity index (χ0n) is 17.8. The predicted molar refractivity (Wildman–Crippen MR) is 129 cm³/mol. The van der Waals surface area contributed by atoms with Crippen LogP contribution in [-0.2, 0) is 23.1 Å². The number of sulfonamides is 1. The summed E-state index contributed by atoms with van der Waals surface area (Å²) in [5, 5.41) is 1.03. The molecule has 3 heterocycles. The smallest absolute Gasteiger partial charge is 0.229 e. The fourth-order valence-corrected chi connectivity index (χ4v) is 4.49. The Hall–Kier alpha value is -3.96. The molecule has 5 rings (SSSR count). The second-order valence-corrected chi connectivity index (χ2v) is 9.60. The highest BCUT2D eigenvalue weighted by molar-refractivity contribution is 7.92. The standard InChI is InChI=1S/C22H22N8O2S/c1-33(31,32)29-17-4-2-13(3-5-17)14-6-15-8-18(9-23)28-19(15)16(7-14)10-30-12-27-20-21(24)25-11-26-22(20)30/h2-8,11-12,28-29H,9-10,23H2,1H3,(H2,24,25,26). The average molecular weight is 463 g/mol. The van der Waals surface area contributed by atoms with Crippen LogP contribution in [0.2, 0.25) is 0 Å². The summed E-state index contributed by atoms with van der Waals surface area (Å²) in [4.78, 5) is 16.1. The van der Waals surface area contributed by atoms with Crippen LogP contribution in [-0.4, -0.2) is 39.2 Å². The maximum Gasteiger partial charge on any atom is 0.229 e. The molecule has 11 heteroatoms. The molecule has 0 radical (unpaired) electrons. The lowest BCUT2D eigenvalue weighted by molar-refractivity contribution is 0.607. The summed E-state index contributed by atoms with van der Waals surface area (Å²) < 4.78 is 27.4. The number of benzene rings is 2. The SMILES string of the molecule is CS(=O)(=O)Nc1ccc(-c2cc(Cn3cnc4c(N)ncnc43)c3[nH]c(CN)cc3c2)cc1. The maximum atomic E-state index is 11.5. The molecule has 0 fully saturated rings. The van der Waals surface area contributed by atoms with Gasteiger partial charge in [-0.2, -0.15) is 0 Å². The third-order valence-electron chi connectivity index (χ3n) is 5.38. The number of aromatic amines is 1. The van der Waals surface area contributed by atoms with Crippen LogP contribution in [0.3, 0.4) is 0 Å². The summed E-state index contributed by atoms with van der Waals surface area (Å²) in [5.74, 6) is 0.339. The van der Waals surface area contributed by atoms with E-state index in [9.17, 15) is 8.42 Å². The first-order chi connectivity index (χ1) is 15.8. The van der Waals surface area contributed by atoms with Crippen molar-refractivity contribution >= 4 is 43.6 Å². The first-order valence-corrected chi connectivity index (χ1v) is 12.0. The molecular formula is C22H22N8O2S. The summed E-state index contributed by atoms with van der Waals surface area (Å²) in [6.45, 7) is 0.905. The van der Waals surface area contributed by atoms with E-state index in [-0.39, 0.29) is 0 Å². The molecule has 3 aromatic heterocycles. The van der Waals surface area contributed by atoms with Crippen molar-refractivity contribution in [2.45, 2.75) is 13.1 Å². The number of nitrogens with zero attached hydrogens (tertiary/aromatic N) is 4. The van der Waals surface area contributed by atoms with E-state index in [1.165, 1.54) is 6.33 Å². The number of nitrogens with one attached hydrogen (secondary N) is 2. The topological polar surface area (TPSA) is 158 Å². The third-order valence-corrected chi connectivity index (χ3v) is 5.98. The Balaban J connectivity index is 1.59. The van der Waals surface area contributed by atoms with Gasteiger partial charge in [0.05, 0.1) is 24.6 Å². The molecular weight excluding hydrogens is 440 g/mol. The zero-order chi connectivity index (χ0) is 23.2. The molecule has 0 saturated heterocycles. The number of aromatic nitrogens is 5. The van der Waals surface area contributed by atoms with Crippen molar-refractivity contribution in [3.05, 3.63) is 66.4 Å². The second kappa shape index (κ2) is 7.87. The van der Waals surface area contributed by atoms with Gasteiger partial charge in [-0.05, 0) is 47.0 Å². The van der Waals surface area contributed by atoms with Crippen molar-refractivity contribution in [3.8, 4) is 11.1 Å². The lowest BCUT2D eigenvalue weighted by Crippen LogP contribution is -2.09. The monoisotopic (exact) mass is 462 g/mol. The maximum absolute atomic E-state index is 11.5. The molecule has 0 bridgehead atoms. The minimum Gasteiger partial charge on any atom is -0.382 e. The first-order valence-electron chi connectivity index (χ1n) is 10.1. The van der Waals surface area contributed by atoms with Crippen molar-refractivity contribution < 1.29 is 8.42 Å². The van der Waals surface area contributed by atoms with Crippen LogP contribution < -0.4 is 16.2 Å². The van der Waals surface area contributed by atoms with Gasteiger partial charge in [0.2, 0.25) is 10.0 Å². The van der Waals surface area contributed by atoms with E-state index in [0.717, 1.165) is 39.5 Å². The van der Waals surface area contributed by atoms with Gasteiger partial charge in [0.25, 0.3) is 0 Å². The third kappa shape index (κ3) is 4.11. The van der Waals surface area contributed by atoms with E-state index in [0.29, 0.717) is 35.8 Å². The molecule has 0 aliphatic carbocycles. The van der Waals surface area contributed by atoms with E-state index in [1.54, 1.807) is 18.5 Å². The highest BCUT2D eigenvalue weighted by atomic mass is 32.2. The fraction of sp³-hybridized carbons (Fsp3) is 0.136. The summed E-state index contributed by atoms with van der Waals surface area (Å²) in [7, 11) is -3.33. The van der Waals surface area contributed by atoms with E-state index >= 15 is 0 Å². The molecule has 168 valence electrons. The van der Waals surface area contributed by atoms with Crippen LogP contribution in [0.15, 0.2) is 55.1 Å². The molecule has 6 N–H and O–H groups in total. The first kappa shape index (κ1) is 20.9. The Bertz CT molecular complexity index is 1590. The molecule has 0 amide bonds. The van der Waals surface area contributed by atoms with Gasteiger partial charge in [-0.15, -0.1) is 0 Å². The summed E-state index contributed by atoms with van der Waals surface area (Å²) >= 11 is 0. The number of rotatable bonds is 6. The van der Waals surface area contributed by atoms with Gasteiger partial charge in [0, 0.05) is 23.3 Å². The Kier molecular flexibility index (Phi) is 4.99. The largest absolute Gasteiger partial charge is 0.382 e. The van der Waals surface area contributed by atoms with Gasteiger partial charge < -0.3 is 21.0 Å². The number of nitrogen functional groups attached to an aromatic ring is 1. The van der Waals surface area contributed by atoms with Crippen LogP contribution in [0.25, 0.3) is 33.2 Å². The van der Waals surface area contributed by atoms with Crippen LogP contribution in [0, 0.1) is 0 Å². The van der Waals surface area contributed by atoms with Crippen LogP contribution in [0.5, 0.6) is 0 Å². The number of hydrogen-bond acceptors (Lipinski definition) is 7. The number of imidazole rings is 1. The van der Waals surface area contributed by atoms with Crippen molar-refractivity contribution in [2.24, 2.45) is 5.73 Å². The Morgan fingerprint density at radius 3 is 2.58 bits per heavy atom. The molecule has 0 aliphatic rings. The van der Waals surface area contributed by atoms with Crippen molar-refractivity contribution in [1.29, 1.82) is 0 Å². The Morgan fingerprint density at radius 1 is 1.06 bits per heavy atom. The van der Waals surface area contributed by atoms with Crippen LogP contribution in [0.4, 0.5) is 11.5 Å². The molecule has 0 atom stereocenters. The Labute approximate surface area is 189 Å². The predicted octanol–water partition coefficient (Wildman–Crippen LogP) is 2.44. The Morgan fingerprint density at radius 2 is 1.85 bits per heavy atom. The van der Waals surface area contributed by atoms with Gasteiger partial charge >= 0.3 is 0 Å². The number of fused-ring (bicyclic) bond motifs is 2. The molecule has 0 spiro atoms. The van der Waals surface area contributed by atoms with E-state index in [1.807, 2.05) is 22.8 Å². The molecule has 5 aromatic rings. The highest BCUT2D eigenvalue weighted by Gasteiger charge is 2.13. The van der Waals surface area contributed by atoms with Crippen molar-refractivity contribution in [2.75, 3.05) is 16.7 Å². The van der Waals surface area contributed by atoms with Crippen LogP contribution in [0.1, 0.15) is 11.3 Å². The van der Waals surface area contributed by atoms with Gasteiger partial charge in [-0.1, -0.05) is 12.1 Å². The van der Waals surface area contributed by atoms with Gasteiger partial charge in [0.15, 0.2) is 11.5 Å². The minimum absolute atomic E-state index is 0.339. The summed E-state index contributed by atoms with van der Waals surface area (Å²) in [5.41, 5.74) is 18.4. The number of hydrogen-bond donors (Lipinski definition) is 4. The van der Waals surface area contributed by atoms with Crippen molar-refractivity contribution in [1.82, 2.24) is 24.5 Å². The van der Waals surface area contributed by atoms with Gasteiger partial charge in [-0.25, -0.2) is 23.4 Å². The van der Waals surface area contributed by atoms with Crippen LogP contribution >= 0.6 is 0 Å². The van der Waals surface area contributed by atoms with E-state index < -0.39 is 10.0 Å². The minimum atomic E-state index is -3.33. The van der Waals surface area contributed by atoms with E-state index in [2.05, 4.69) is 36.8 Å². The normalized spacial score (nSPS) is 11.9. The van der Waals surface area contributed by atoms with Crippen molar-refractivity contribution in [3.63, 3.8) is 0 Å². The summed E-state index contributed by atoms with van der Waals surface area (Å²) in [6, 6.07) is 13.5. The quantitative estimate of drug-likeness (QED) is 0.302. The highest BCUT2D eigenvalue weighted by Crippen LogP contribution is 2.30. The molecule has 33 heavy (non-hydrogen) atoms. The zero-order valence-corrected chi connectivity index (χ0v) is 18.6. The number of anilines is 2. The fourth-order valence-electron chi connectivity index (χ4n) is 3.92. The molecule has 0 saturated carbocycles. The molecule has 0 aliphatic heterocycles. The van der Waals surface area contributed by atoms with E-state index in [4.69, 9.17) is 11.5 Å². The molecule has 0 unspecified atom stereocenters. The summed E-state index contributed by atoms with van der Waals surface area (Å²) in [6.07, 6.45) is 4.25. The average Bonchev–Trinajstić information content (AvgIpc) is 3.38.